The van der Waals surface area contributed by atoms with E-state index in [1.807, 2.05) is 36.4 Å². The number of ether oxygens (including phenoxy) is 1. The molecular weight excluding hydrogens is 290 g/mol. The summed E-state index contributed by atoms with van der Waals surface area (Å²) in [5.74, 6) is -0.315. The van der Waals surface area contributed by atoms with Gasteiger partial charge in [0.25, 0.3) is 0 Å². The van der Waals surface area contributed by atoms with Gasteiger partial charge in [0, 0.05) is 5.56 Å². The van der Waals surface area contributed by atoms with E-state index >= 15 is 0 Å². The van der Waals surface area contributed by atoms with Gasteiger partial charge >= 0.3 is 5.97 Å². The molecule has 0 heterocycles. The Hall–Kier alpha value is -2.04. The van der Waals surface area contributed by atoms with E-state index in [9.17, 15) is 4.79 Å². The molecule has 2 aromatic rings. The van der Waals surface area contributed by atoms with E-state index in [4.69, 9.17) is 27.2 Å². The number of carboxylic acids is 1. The first-order valence-corrected chi connectivity index (χ1v) is 6.81. The van der Waals surface area contributed by atoms with Crippen molar-refractivity contribution in [2.45, 2.75) is 12.5 Å². The smallest absolute Gasteiger partial charge is 0.320 e. The monoisotopic (exact) mass is 305 g/mol. The zero-order valence-corrected chi connectivity index (χ0v) is 12.3. The second-order valence-corrected chi connectivity index (χ2v) is 5.07. The highest BCUT2D eigenvalue weighted by Gasteiger charge is 2.13. The Kier molecular flexibility index (Phi) is 4.83. The molecule has 4 nitrogen and oxygen atoms in total. The first-order valence-electron chi connectivity index (χ1n) is 6.43. The second-order valence-electron chi connectivity index (χ2n) is 4.66. The van der Waals surface area contributed by atoms with E-state index in [2.05, 4.69) is 0 Å². The number of aliphatic carboxylic acids is 1. The lowest BCUT2D eigenvalue weighted by atomic mass is 10.00. The van der Waals surface area contributed by atoms with Crippen LogP contribution in [0.4, 0.5) is 0 Å². The Balaban J connectivity index is 2.29. The highest BCUT2D eigenvalue weighted by Crippen LogP contribution is 2.36. The Labute approximate surface area is 128 Å². The largest absolute Gasteiger partial charge is 0.496 e. The van der Waals surface area contributed by atoms with Crippen molar-refractivity contribution in [1.29, 1.82) is 0 Å². The fourth-order valence-electron chi connectivity index (χ4n) is 2.10. The van der Waals surface area contributed by atoms with Gasteiger partial charge in [-0.3, -0.25) is 4.79 Å². The third-order valence-corrected chi connectivity index (χ3v) is 3.53. The molecule has 0 fully saturated rings. The van der Waals surface area contributed by atoms with Crippen molar-refractivity contribution in [3.8, 4) is 16.9 Å². The molecule has 0 spiro atoms. The molecular formula is C16H16ClNO3. The van der Waals surface area contributed by atoms with Gasteiger partial charge in [0.05, 0.1) is 12.1 Å². The van der Waals surface area contributed by atoms with Gasteiger partial charge in [0.15, 0.2) is 0 Å². The van der Waals surface area contributed by atoms with Gasteiger partial charge in [-0.05, 0) is 29.7 Å². The lowest BCUT2D eigenvalue weighted by molar-refractivity contribution is -0.138. The van der Waals surface area contributed by atoms with Gasteiger partial charge in [-0.2, -0.15) is 0 Å². The molecule has 3 N–H and O–H groups in total. The minimum Gasteiger partial charge on any atom is -0.496 e. The fraction of sp³-hybridized carbons (Fsp3) is 0.188. The standard InChI is InChI=1S/C16H16ClNO3/c1-21-14-4-2-3-12(17)15(14)11-7-5-10(6-8-11)9-13(18)16(19)20/h2-8,13H,9,18H2,1H3,(H,19,20)/t13-/m0/s1. The van der Waals surface area contributed by atoms with E-state index < -0.39 is 12.0 Å². The molecule has 0 aliphatic carbocycles. The van der Waals surface area contributed by atoms with E-state index in [-0.39, 0.29) is 6.42 Å². The fourth-order valence-corrected chi connectivity index (χ4v) is 2.38. The maximum Gasteiger partial charge on any atom is 0.320 e. The van der Waals surface area contributed by atoms with Gasteiger partial charge in [0.2, 0.25) is 0 Å². The zero-order valence-electron chi connectivity index (χ0n) is 11.5. The van der Waals surface area contributed by atoms with Crippen molar-refractivity contribution in [2.24, 2.45) is 5.73 Å². The van der Waals surface area contributed by atoms with Crippen LogP contribution in [0.25, 0.3) is 11.1 Å². The molecule has 1 atom stereocenters. The van der Waals surface area contributed by atoms with Crippen molar-refractivity contribution < 1.29 is 14.6 Å². The lowest BCUT2D eigenvalue weighted by Gasteiger charge is -2.12. The molecule has 2 rings (SSSR count). The first kappa shape index (κ1) is 15.4. The number of carboxylic acid groups (broad SMARTS) is 1. The number of benzene rings is 2. The minimum absolute atomic E-state index is 0.287. The second kappa shape index (κ2) is 6.61. The van der Waals surface area contributed by atoms with E-state index in [0.29, 0.717) is 10.8 Å². The molecule has 21 heavy (non-hydrogen) atoms. The number of methoxy groups -OCH3 is 1. The summed E-state index contributed by atoms with van der Waals surface area (Å²) in [4.78, 5) is 10.8. The summed E-state index contributed by atoms with van der Waals surface area (Å²) < 4.78 is 5.32. The van der Waals surface area contributed by atoms with Crippen molar-refractivity contribution >= 4 is 17.6 Å². The molecule has 0 saturated carbocycles. The van der Waals surface area contributed by atoms with Crippen LogP contribution in [0.3, 0.4) is 0 Å². The van der Waals surface area contributed by atoms with Crippen molar-refractivity contribution in [3.05, 3.63) is 53.1 Å². The average Bonchev–Trinajstić information content (AvgIpc) is 2.47. The highest BCUT2D eigenvalue weighted by molar-refractivity contribution is 6.33. The lowest BCUT2D eigenvalue weighted by Crippen LogP contribution is -2.32. The third kappa shape index (κ3) is 3.54. The predicted molar refractivity (Wildman–Crippen MR) is 82.8 cm³/mol. The number of carbonyl (C=O) groups is 1. The Morgan fingerprint density at radius 1 is 1.29 bits per heavy atom. The molecule has 0 saturated heterocycles. The number of rotatable bonds is 5. The first-order chi connectivity index (χ1) is 10.0. The van der Waals surface area contributed by atoms with Crippen LogP contribution >= 0.6 is 11.6 Å². The minimum atomic E-state index is -1.01. The van der Waals surface area contributed by atoms with Crippen LogP contribution in [-0.4, -0.2) is 24.2 Å². The number of hydrogen-bond acceptors (Lipinski definition) is 3. The van der Waals surface area contributed by atoms with Crippen LogP contribution in [-0.2, 0) is 11.2 Å². The number of nitrogens with two attached hydrogens (primary N) is 1. The predicted octanol–water partition coefficient (Wildman–Crippen LogP) is 2.97. The Bertz CT molecular complexity index is 640. The summed E-state index contributed by atoms with van der Waals surface area (Å²) in [6.07, 6.45) is 0.287. The van der Waals surface area contributed by atoms with Crippen molar-refractivity contribution in [2.75, 3.05) is 7.11 Å². The van der Waals surface area contributed by atoms with Crippen LogP contribution < -0.4 is 10.5 Å². The maximum absolute atomic E-state index is 10.8. The summed E-state index contributed by atoms with van der Waals surface area (Å²) in [5.41, 5.74) is 8.11. The topological polar surface area (TPSA) is 72.5 Å². The highest BCUT2D eigenvalue weighted by atomic mass is 35.5. The van der Waals surface area contributed by atoms with Crippen molar-refractivity contribution in [1.82, 2.24) is 0 Å². The Morgan fingerprint density at radius 2 is 1.95 bits per heavy atom. The molecule has 0 unspecified atom stereocenters. The molecule has 0 aliphatic rings. The molecule has 0 aliphatic heterocycles. The van der Waals surface area contributed by atoms with Crippen molar-refractivity contribution in [3.63, 3.8) is 0 Å². The van der Waals surface area contributed by atoms with Gasteiger partial charge in [-0.1, -0.05) is 41.9 Å². The van der Waals surface area contributed by atoms with Crippen LogP contribution in [0.15, 0.2) is 42.5 Å². The van der Waals surface area contributed by atoms with Gasteiger partial charge in [-0.15, -0.1) is 0 Å². The molecule has 0 amide bonds. The molecule has 0 bridgehead atoms. The zero-order chi connectivity index (χ0) is 15.4. The summed E-state index contributed by atoms with van der Waals surface area (Å²) in [7, 11) is 1.59. The quantitative estimate of drug-likeness (QED) is 0.890. The molecule has 0 aromatic heterocycles. The summed E-state index contributed by atoms with van der Waals surface area (Å²) >= 11 is 6.23. The van der Waals surface area contributed by atoms with Crippen LogP contribution in [0.5, 0.6) is 5.75 Å². The van der Waals surface area contributed by atoms with Gasteiger partial charge in [0.1, 0.15) is 11.8 Å². The third-order valence-electron chi connectivity index (χ3n) is 3.21. The molecule has 0 radical (unpaired) electrons. The van der Waals surface area contributed by atoms with Crippen LogP contribution in [0.1, 0.15) is 5.56 Å². The summed E-state index contributed by atoms with van der Waals surface area (Å²) in [6.45, 7) is 0. The number of hydrogen-bond donors (Lipinski definition) is 2. The van der Waals surface area contributed by atoms with Crippen LogP contribution in [0, 0.1) is 0 Å². The molecule has 2 aromatic carbocycles. The number of halogens is 1. The molecule has 110 valence electrons. The van der Waals surface area contributed by atoms with Gasteiger partial charge < -0.3 is 15.6 Å². The summed E-state index contributed by atoms with van der Waals surface area (Å²) in [6, 6.07) is 12.0. The van der Waals surface area contributed by atoms with Gasteiger partial charge in [-0.25, -0.2) is 0 Å². The maximum atomic E-state index is 10.8. The van der Waals surface area contributed by atoms with E-state index in [1.54, 1.807) is 13.2 Å². The SMILES string of the molecule is COc1cccc(Cl)c1-c1ccc(C[C@H](N)C(=O)O)cc1. The summed E-state index contributed by atoms with van der Waals surface area (Å²) in [5, 5.41) is 9.42. The molecule has 5 heteroatoms. The Morgan fingerprint density at radius 3 is 2.52 bits per heavy atom. The average molecular weight is 306 g/mol. The van der Waals surface area contributed by atoms with E-state index in [1.165, 1.54) is 0 Å². The van der Waals surface area contributed by atoms with E-state index in [0.717, 1.165) is 16.7 Å². The van der Waals surface area contributed by atoms with Crippen LogP contribution in [0.2, 0.25) is 5.02 Å². The normalized spacial score (nSPS) is 12.0.